The molecule has 4 rings (SSSR count). The fraction of sp³-hybridized carbons (Fsp3) is 0.143. The third kappa shape index (κ3) is 3.57. The van der Waals surface area contributed by atoms with Crippen molar-refractivity contribution in [3.05, 3.63) is 70.0 Å². The van der Waals surface area contributed by atoms with Crippen molar-refractivity contribution in [2.45, 2.75) is 13.8 Å². The number of aromatic nitrogens is 4. The van der Waals surface area contributed by atoms with Gasteiger partial charge in [-0.2, -0.15) is 5.10 Å². The molecule has 3 aromatic heterocycles. The topological polar surface area (TPSA) is 69.9 Å². The molecule has 146 valence electrons. The molecule has 0 aliphatic rings. The molecule has 0 bridgehead atoms. The zero-order valence-electron chi connectivity index (χ0n) is 15.7. The Hall–Kier alpha value is -2.96. The monoisotopic (exact) mass is 426 g/mol. The number of esters is 1. The van der Waals surface area contributed by atoms with Crippen molar-refractivity contribution in [2.75, 3.05) is 6.61 Å². The molecule has 0 N–H and O–H groups in total. The van der Waals surface area contributed by atoms with Crippen LogP contribution in [-0.4, -0.2) is 32.3 Å². The van der Waals surface area contributed by atoms with Gasteiger partial charge >= 0.3 is 5.97 Å². The fourth-order valence-corrected chi connectivity index (χ4v) is 3.39. The normalized spacial score (nSPS) is 11.0. The SMILES string of the molecule is CCOC(=O)c1cc(-c2ccccn2)nc2c1c(C)nn2-c1ccc(Cl)c(Cl)c1. The zero-order valence-corrected chi connectivity index (χ0v) is 17.2. The molecule has 6 nitrogen and oxygen atoms in total. The first-order chi connectivity index (χ1) is 14.0. The van der Waals surface area contributed by atoms with E-state index in [0.717, 1.165) is 0 Å². The van der Waals surface area contributed by atoms with Crippen molar-refractivity contribution in [3.63, 3.8) is 0 Å². The van der Waals surface area contributed by atoms with Crippen LogP contribution < -0.4 is 0 Å². The van der Waals surface area contributed by atoms with Crippen LogP contribution in [0.4, 0.5) is 0 Å². The molecule has 0 radical (unpaired) electrons. The number of ether oxygens (including phenoxy) is 1. The summed E-state index contributed by atoms with van der Waals surface area (Å²) in [5, 5.41) is 6.06. The highest BCUT2D eigenvalue weighted by Crippen LogP contribution is 2.30. The van der Waals surface area contributed by atoms with Crippen LogP contribution in [0, 0.1) is 6.92 Å². The van der Waals surface area contributed by atoms with Gasteiger partial charge in [-0.25, -0.2) is 14.5 Å². The van der Waals surface area contributed by atoms with Gasteiger partial charge in [0.2, 0.25) is 0 Å². The molecule has 0 aliphatic carbocycles. The van der Waals surface area contributed by atoms with Crippen LogP contribution in [0.5, 0.6) is 0 Å². The van der Waals surface area contributed by atoms with E-state index in [2.05, 4.69) is 10.1 Å². The van der Waals surface area contributed by atoms with E-state index in [-0.39, 0.29) is 6.61 Å². The average Bonchev–Trinajstić information content (AvgIpc) is 3.07. The molecule has 0 fully saturated rings. The van der Waals surface area contributed by atoms with Gasteiger partial charge in [-0.1, -0.05) is 29.3 Å². The second-order valence-corrected chi connectivity index (χ2v) is 7.10. The summed E-state index contributed by atoms with van der Waals surface area (Å²) in [7, 11) is 0. The summed E-state index contributed by atoms with van der Waals surface area (Å²) in [5.41, 5.74) is 3.41. The lowest BCUT2D eigenvalue weighted by Gasteiger charge is -2.09. The molecule has 29 heavy (non-hydrogen) atoms. The number of halogens is 2. The zero-order chi connectivity index (χ0) is 20.5. The number of fused-ring (bicyclic) bond motifs is 1. The van der Waals surface area contributed by atoms with Gasteiger partial charge in [0.15, 0.2) is 5.65 Å². The summed E-state index contributed by atoms with van der Waals surface area (Å²) < 4.78 is 6.91. The van der Waals surface area contributed by atoms with E-state index in [0.29, 0.717) is 49.4 Å². The number of carbonyl (C=O) groups excluding carboxylic acids is 1. The quantitative estimate of drug-likeness (QED) is 0.415. The number of hydrogen-bond donors (Lipinski definition) is 0. The smallest absolute Gasteiger partial charge is 0.339 e. The Bertz CT molecular complexity index is 1220. The second kappa shape index (κ2) is 7.81. The molecule has 0 spiro atoms. The van der Waals surface area contributed by atoms with E-state index in [9.17, 15) is 4.79 Å². The Kier molecular flexibility index (Phi) is 5.22. The van der Waals surface area contributed by atoms with Crippen molar-refractivity contribution in [3.8, 4) is 17.1 Å². The number of benzene rings is 1. The van der Waals surface area contributed by atoms with Gasteiger partial charge in [-0.05, 0) is 50.2 Å². The van der Waals surface area contributed by atoms with E-state index in [1.165, 1.54) is 0 Å². The van der Waals surface area contributed by atoms with Gasteiger partial charge in [-0.3, -0.25) is 4.98 Å². The van der Waals surface area contributed by atoms with Crippen molar-refractivity contribution in [1.82, 2.24) is 19.7 Å². The lowest BCUT2D eigenvalue weighted by Crippen LogP contribution is -2.07. The maximum atomic E-state index is 12.7. The van der Waals surface area contributed by atoms with Crippen LogP contribution in [0.25, 0.3) is 28.1 Å². The van der Waals surface area contributed by atoms with E-state index >= 15 is 0 Å². The van der Waals surface area contributed by atoms with Crippen LogP contribution in [0.15, 0.2) is 48.7 Å². The van der Waals surface area contributed by atoms with E-state index in [1.54, 1.807) is 42.1 Å². The predicted octanol–water partition coefficient (Wildman–Crippen LogP) is 5.27. The summed E-state index contributed by atoms with van der Waals surface area (Å²) in [6, 6.07) is 12.4. The van der Waals surface area contributed by atoms with Crippen LogP contribution in [0.1, 0.15) is 23.0 Å². The largest absolute Gasteiger partial charge is 0.462 e. The molecule has 0 amide bonds. The highest BCUT2D eigenvalue weighted by atomic mass is 35.5. The van der Waals surface area contributed by atoms with Gasteiger partial charge < -0.3 is 4.74 Å². The van der Waals surface area contributed by atoms with Gasteiger partial charge in [-0.15, -0.1) is 0 Å². The minimum absolute atomic E-state index is 0.265. The van der Waals surface area contributed by atoms with Crippen molar-refractivity contribution >= 4 is 40.2 Å². The second-order valence-electron chi connectivity index (χ2n) is 6.28. The summed E-state index contributed by atoms with van der Waals surface area (Å²) >= 11 is 12.2. The number of carbonyl (C=O) groups is 1. The lowest BCUT2D eigenvalue weighted by atomic mass is 10.1. The highest BCUT2D eigenvalue weighted by molar-refractivity contribution is 6.42. The number of aryl methyl sites for hydroxylation is 1. The molecule has 0 aliphatic heterocycles. The molecule has 3 heterocycles. The molecule has 0 saturated carbocycles. The van der Waals surface area contributed by atoms with Crippen molar-refractivity contribution in [2.24, 2.45) is 0 Å². The third-order valence-electron chi connectivity index (χ3n) is 4.38. The maximum Gasteiger partial charge on any atom is 0.339 e. The minimum Gasteiger partial charge on any atom is -0.462 e. The Morgan fingerprint density at radius 2 is 1.93 bits per heavy atom. The van der Waals surface area contributed by atoms with Gasteiger partial charge in [0.25, 0.3) is 0 Å². The van der Waals surface area contributed by atoms with Crippen LogP contribution >= 0.6 is 23.2 Å². The van der Waals surface area contributed by atoms with Gasteiger partial charge in [0, 0.05) is 6.20 Å². The van der Waals surface area contributed by atoms with E-state index < -0.39 is 5.97 Å². The summed E-state index contributed by atoms with van der Waals surface area (Å²) in [5.74, 6) is -0.436. The van der Waals surface area contributed by atoms with E-state index in [4.69, 9.17) is 32.9 Å². The molecular formula is C21H16Cl2N4O2. The molecule has 0 saturated heterocycles. The summed E-state index contributed by atoms with van der Waals surface area (Å²) in [4.78, 5) is 21.8. The van der Waals surface area contributed by atoms with E-state index in [1.807, 2.05) is 25.1 Å². The molecule has 8 heteroatoms. The standard InChI is InChI=1S/C21H16Cl2N4O2/c1-3-29-21(28)14-11-18(17-6-4-5-9-24-17)25-20-19(14)12(2)26-27(20)13-7-8-15(22)16(23)10-13/h4-11H,3H2,1-2H3. The van der Waals surface area contributed by atoms with Crippen LogP contribution in [0.2, 0.25) is 10.0 Å². The van der Waals surface area contributed by atoms with Crippen LogP contribution in [-0.2, 0) is 4.74 Å². The number of pyridine rings is 2. The lowest BCUT2D eigenvalue weighted by molar-refractivity contribution is 0.0528. The van der Waals surface area contributed by atoms with Crippen molar-refractivity contribution in [1.29, 1.82) is 0 Å². The molecule has 1 aromatic carbocycles. The Morgan fingerprint density at radius 1 is 1.10 bits per heavy atom. The Labute approximate surface area is 177 Å². The Balaban J connectivity index is 2.02. The molecule has 0 atom stereocenters. The highest BCUT2D eigenvalue weighted by Gasteiger charge is 2.22. The first-order valence-electron chi connectivity index (χ1n) is 8.94. The first kappa shape index (κ1) is 19.4. The molecule has 4 aromatic rings. The first-order valence-corrected chi connectivity index (χ1v) is 9.69. The predicted molar refractivity (Wildman–Crippen MR) is 113 cm³/mol. The number of rotatable bonds is 4. The maximum absolute atomic E-state index is 12.7. The average molecular weight is 427 g/mol. The molecular weight excluding hydrogens is 411 g/mol. The fourth-order valence-electron chi connectivity index (χ4n) is 3.10. The Morgan fingerprint density at radius 3 is 2.62 bits per heavy atom. The minimum atomic E-state index is -0.436. The summed E-state index contributed by atoms with van der Waals surface area (Å²) in [6.45, 7) is 3.85. The van der Waals surface area contributed by atoms with Crippen molar-refractivity contribution < 1.29 is 9.53 Å². The summed E-state index contributed by atoms with van der Waals surface area (Å²) in [6.07, 6.45) is 1.67. The third-order valence-corrected chi connectivity index (χ3v) is 5.12. The number of hydrogen-bond acceptors (Lipinski definition) is 5. The number of nitrogens with zero attached hydrogens (tertiary/aromatic N) is 4. The van der Waals surface area contributed by atoms with Gasteiger partial charge in [0.1, 0.15) is 0 Å². The van der Waals surface area contributed by atoms with Gasteiger partial charge in [0.05, 0.1) is 50.4 Å². The molecule has 0 unspecified atom stereocenters. The van der Waals surface area contributed by atoms with Crippen LogP contribution in [0.3, 0.4) is 0 Å².